The van der Waals surface area contributed by atoms with Gasteiger partial charge in [0.2, 0.25) is 0 Å². The summed E-state index contributed by atoms with van der Waals surface area (Å²) in [5.74, 6) is 0.479. The smallest absolute Gasteiger partial charge is 0.200 e. The highest BCUT2D eigenvalue weighted by atomic mass is 32.1. The van der Waals surface area contributed by atoms with E-state index in [0.29, 0.717) is 21.7 Å². The van der Waals surface area contributed by atoms with Gasteiger partial charge >= 0.3 is 0 Å². The second-order valence-electron chi connectivity index (χ2n) is 6.49. The average molecular weight is 377 g/mol. The molecule has 0 radical (unpaired) electrons. The van der Waals surface area contributed by atoms with E-state index in [1.807, 2.05) is 22.8 Å². The number of H-pyrrole nitrogens is 1. The van der Waals surface area contributed by atoms with Crippen LogP contribution in [-0.4, -0.2) is 25.0 Å². The number of hydrogen-bond donors (Lipinski definition) is 3. The molecule has 0 spiro atoms. The minimum atomic E-state index is -0.0529. The molecule has 0 amide bonds. The first-order chi connectivity index (χ1) is 13.0. The number of nitrogens with zero attached hydrogens (tertiary/aromatic N) is 2. The molecule has 27 heavy (non-hydrogen) atoms. The van der Waals surface area contributed by atoms with Gasteiger partial charge in [0.1, 0.15) is 11.5 Å². The number of hydrogen-bond acceptors (Lipinski definition) is 4. The molecule has 1 heterocycles. The van der Waals surface area contributed by atoms with E-state index in [0.717, 1.165) is 22.9 Å². The lowest BCUT2D eigenvalue weighted by molar-refractivity contribution is 0.449. The van der Waals surface area contributed by atoms with Crippen LogP contribution in [0, 0.1) is 11.7 Å². The van der Waals surface area contributed by atoms with Crippen LogP contribution in [0.1, 0.15) is 18.1 Å². The van der Waals surface area contributed by atoms with Crippen LogP contribution in [0.15, 0.2) is 48.5 Å². The summed E-state index contributed by atoms with van der Waals surface area (Å²) in [6, 6.07) is 15.3. The summed E-state index contributed by atoms with van der Waals surface area (Å²) in [6.45, 7) is 3.91. The zero-order chi connectivity index (χ0) is 19.1. The van der Waals surface area contributed by atoms with Gasteiger partial charge in [-0.1, -0.05) is 37.3 Å². The quantitative estimate of drug-likeness (QED) is 0.438. The molecule has 3 N–H and O–H groups in total. The normalized spacial score (nSPS) is 11.2. The molecule has 4 rings (SSSR count). The Hall–Kier alpha value is -3.12. The molecule has 4 aromatic rings. The third kappa shape index (κ3) is 2.78. The third-order valence-corrected chi connectivity index (χ3v) is 5.11. The van der Waals surface area contributed by atoms with E-state index >= 15 is 0 Å². The highest BCUT2D eigenvalue weighted by Crippen LogP contribution is 2.36. The number of aromatic nitrogens is 3. The molecule has 0 aliphatic heterocycles. The first-order valence-electron chi connectivity index (χ1n) is 8.72. The topological polar surface area (TPSA) is 74.1 Å². The van der Waals surface area contributed by atoms with Crippen LogP contribution < -0.4 is 0 Å². The van der Waals surface area contributed by atoms with Gasteiger partial charge in [0.05, 0.1) is 11.3 Å². The van der Waals surface area contributed by atoms with Gasteiger partial charge in [-0.05, 0) is 54.2 Å². The fourth-order valence-corrected chi connectivity index (χ4v) is 3.66. The van der Waals surface area contributed by atoms with Gasteiger partial charge in [0.15, 0.2) is 10.6 Å². The van der Waals surface area contributed by atoms with E-state index in [2.05, 4.69) is 35.3 Å². The van der Waals surface area contributed by atoms with Crippen molar-refractivity contribution in [3.63, 3.8) is 0 Å². The molecule has 0 unspecified atom stereocenters. The Balaban J connectivity index is 2.04. The summed E-state index contributed by atoms with van der Waals surface area (Å²) in [6.07, 6.45) is 0.933. The Kier molecular flexibility index (Phi) is 4.20. The fraction of sp³-hybridized carbons (Fsp3) is 0.143. The lowest BCUT2D eigenvalue weighted by Gasteiger charge is -2.13. The lowest BCUT2D eigenvalue weighted by Crippen LogP contribution is -2.00. The standard InChI is InChI=1S/C21H19N3O2S/c1-3-13-6-4-8-15-14(13)7-5-9-17(15)24-20(22-23-21(24)27)16-10-12(2)18(25)11-19(16)26/h4-11,25-26H,3H2,1-2H3,(H,23,27). The van der Waals surface area contributed by atoms with Gasteiger partial charge in [-0.2, -0.15) is 5.10 Å². The Bertz CT molecular complexity index is 1220. The minimum absolute atomic E-state index is 0.0367. The first kappa shape index (κ1) is 17.3. The van der Waals surface area contributed by atoms with Crippen LogP contribution in [0.5, 0.6) is 11.5 Å². The summed E-state index contributed by atoms with van der Waals surface area (Å²) in [7, 11) is 0. The second-order valence-corrected chi connectivity index (χ2v) is 6.87. The molecule has 6 heteroatoms. The summed E-state index contributed by atoms with van der Waals surface area (Å²) in [5.41, 5.74) is 3.30. The van der Waals surface area contributed by atoms with Gasteiger partial charge in [0.25, 0.3) is 0 Å². The molecule has 0 aliphatic rings. The van der Waals surface area contributed by atoms with Crippen molar-refractivity contribution in [1.29, 1.82) is 0 Å². The van der Waals surface area contributed by atoms with Crippen LogP contribution >= 0.6 is 12.2 Å². The Morgan fingerprint density at radius 3 is 2.56 bits per heavy atom. The maximum atomic E-state index is 10.4. The Morgan fingerprint density at radius 1 is 1.04 bits per heavy atom. The van der Waals surface area contributed by atoms with Crippen molar-refractivity contribution in [2.45, 2.75) is 20.3 Å². The van der Waals surface area contributed by atoms with Crippen molar-refractivity contribution >= 4 is 23.0 Å². The lowest BCUT2D eigenvalue weighted by atomic mass is 10.0. The number of fused-ring (bicyclic) bond motifs is 1. The van der Waals surface area contributed by atoms with Gasteiger partial charge < -0.3 is 10.2 Å². The maximum Gasteiger partial charge on any atom is 0.200 e. The van der Waals surface area contributed by atoms with E-state index in [4.69, 9.17) is 12.2 Å². The van der Waals surface area contributed by atoms with E-state index < -0.39 is 0 Å². The Morgan fingerprint density at radius 2 is 1.78 bits per heavy atom. The molecule has 0 aliphatic carbocycles. The molecule has 5 nitrogen and oxygen atoms in total. The molecule has 0 bridgehead atoms. The fourth-order valence-electron chi connectivity index (χ4n) is 3.43. The molecule has 0 saturated heterocycles. The molecular weight excluding hydrogens is 358 g/mol. The van der Waals surface area contributed by atoms with Crippen molar-refractivity contribution in [1.82, 2.24) is 14.8 Å². The van der Waals surface area contributed by atoms with Crippen LogP contribution in [0.25, 0.3) is 27.8 Å². The molecule has 0 saturated carbocycles. The van der Waals surface area contributed by atoms with Crippen molar-refractivity contribution in [3.05, 3.63) is 64.4 Å². The van der Waals surface area contributed by atoms with Crippen molar-refractivity contribution in [2.75, 3.05) is 0 Å². The number of aryl methyl sites for hydroxylation is 2. The van der Waals surface area contributed by atoms with Crippen LogP contribution in [-0.2, 0) is 6.42 Å². The van der Waals surface area contributed by atoms with Gasteiger partial charge in [-0.25, -0.2) is 0 Å². The first-order valence-corrected chi connectivity index (χ1v) is 9.13. The number of phenols is 2. The number of rotatable bonds is 3. The van der Waals surface area contributed by atoms with Gasteiger partial charge in [0, 0.05) is 11.5 Å². The number of aromatic amines is 1. The van der Waals surface area contributed by atoms with Crippen LogP contribution in [0.2, 0.25) is 0 Å². The highest BCUT2D eigenvalue weighted by Gasteiger charge is 2.18. The van der Waals surface area contributed by atoms with E-state index in [-0.39, 0.29) is 11.5 Å². The average Bonchev–Trinajstić information content (AvgIpc) is 3.04. The molecule has 3 aromatic carbocycles. The summed E-state index contributed by atoms with van der Waals surface area (Å²) < 4.78 is 2.26. The van der Waals surface area contributed by atoms with E-state index in [9.17, 15) is 10.2 Å². The highest BCUT2D eigenvalue weighted by molar-refractivity contribution is 7.71. The molecule has 136 valence electrons. The summed E-state index contributed by atoms with van der Waals surface area (Å²) in [5, 5.41) is 29.6. The molecule has 1 aromatic heterocycles. The predicted octanol–water partition coefficient (Wildman–Crippen LogP) is 5.03. The Labute approximate surface area is 161 Å². The largest absolute Gasteiger partial charge is 0.508 e. The maximum absolute atomic E-state index is 10.4. The summed E-state index contributed by atoms with van der Waals surface area (Å²) in [4.78, 5) is 0. The van der Waals surface area contributed by atoms with Crippen molar-refractivity contribution < 1.29 is 10.2 Å². The minimum Gasteiger partial charge on any atom is -0.508 e. The van der Waals surface area contributed by atoms with E-state index in [1.54, 1.807) is 13.0 Å². The second kappa shape index (κ2) is 6.55. The monoisotopic (exact) mass is 377 g/mol. The van der Waals surface area contributed by atoms with Gasteiger partial charge in [-0.15, -0.1) is 0 Å². The van der Waals surface area contributed by atoms with Crippen molar-refractivity contribution in [3.8, 4) is 28.6 Å². The molecular formula is C21H19N3O2S. The zero-order valence-electron chi connectivity index (χ0n) is 15.0. The zero-order valence-corrected chi connectivity index (χ0v) is 15.8. The van der Waals surface area contributed by atoms with E-state index in [1.165, 1.54) is 11.6 Å². The predicted molar refractivity (Wildman–Crippen MR) is 109 cm³/mol. The SMILES string of the molecule is CCc1cccc2c(-n3c(-c4cc(C)c(O)cc4O)n[nH]c3=S)cccc12. The molecule has 0 atom stereocenters. The van der Waals surface area contributed by atoms with Crippen LogP contribution in [0.3, 0.4) is 0 Å². The number of aromatic hydroxyl groups is 2. The van der Waals surface area contributed by atoms with Crippen LogP contribution in [0.4, 0.5) is 0 Å². The molecule has 0 fully saturated rings. The number of nitrogens with one attached hydrogen (secondary N) is 1. The summed E-state index contributed by atoms with van der Waals surface area (Å²) >= 11 is 5.49. The number of benzene rings is 3. The number of phenolic OH excluding ortho intramolecular Hbond substituents is 2. The van der Waals surface area contributed by atoms with Crippen molar-refractivity contribution in [2.24, 2.45) is 0 Å². The third-order valence-electron chi connectivity index (χ3n) is 4.84. The van der Waals surface area contributed by atoms with Gasteiger partial charge in [-0.3, -0.25) is 9.67 Å².